The zero-order valence-corrected chi connectivity index (χ0v) is 9.13. The van der Waals surface area contributed by atoms with Gasteiger partial charge in [-0.15, -0.1) is 11.8 Å². The first-order valence-corrected chi connectivity index (χ1v) is 6.02. The van der Waals surface area contributed by atoms with E-state index in [4.69, 9.17) is 0 Å². The minimum Gasteiger partial charge on any atom is -0.499 e. The van der Waals surface area contributed by atoms with Crippen LogP contribution in [0.2, 0.25) is 0 Å². The van der Waals surface area contributed by atoms with Crippen LogP contribution in [0.5, 0.6) is 5.06 Å². The van der Waals surface area contributed by atoms with Crippen LogP contribution in [-0.4, -0.2) is 11.4 Å². The zero-order chi connectivity index (χ0) is 9.42. The van der Waals surface area contributed by atoms with Crippen LogP contribution < -0.4 is 0 Å². The molecule has 13 heavy (non-hydrogen) atoms. The van der Waals surface area contributed by atoms with Gasteiger partial charge in [0.05, 0.1) is 0 Å². The maximum atomic E-state index is 9.41. The number of thioether (sulfide) groups is 1. The molecule has 0 aliphatic carbocycles. The van der Waals surface area contributed by atoms with Gasteiger partial charge in [-0.2, -0.15) is 0 Å². The number of rotatable bonds is 1. The Labute approximate surface area is 85.4 Å². The van der Waals surface area contributed by atoms with Crippen molar-refractivity contribution in [2.75, 3.05) is 6.26 Å². The molecule has 0 spiro atoms. The second-order valence-electron chi connectivity index (χ2n) is 2.91. The van der Waals surface area contributed by atoms with Gasteiger partial charge in [0.2, 0.25) is 0 Å². The van der Waals surface area contributed by atoms with Crippen molar-refractivity contribution in [3.63, 3.8) is 0 Å². The maximum absolute atomic E-state index is 9.41. The third-order valence-corrected chi connectivity index (χ3v) is 3.92. The molecule has 3 heteroatoms. The summed E-state index contributed by atoms with van der Waals surface area (Å²) in [6, 6.07) is 6.05. The van der Waals surface area contributed by atoms with Gasteiger partial charge in [0.25, 0.3) is 0 Å². The minimum absolute atomic E-state index is 0.402. The Morgan fingerprint density at radius 1 is 1.38 bits per heavy atom. The van der Waals surface area contributed by atoms with Crippen LogP contribution in [0, 0.1) is 6.92 Å². The summed E-state index contributed by atoms with van der Waals surface area (Å²) in [5.74, 6) is 0. The fourth-order valence-electron chi connectivity index (χ4n) is 1.40. The lowest BCUT2D eigenvalue weighted by atomic mass is 10.2. The number of hydrogen-bond donors (Lipinski definition) is 1. The Kier molecular flexibility index (Phi) is 2.22. The molecule has 1 aromatic heterocycles. The van der Waals surface area contributed by atoms with Crippen LogP contribution >= 0.6 is 23.1 Å². The monoisotopic (exact) mass is 210 g/mol. The summed E-state index contributed by atoms with van der Waals surface area (Å²) in [7, 11) is 0. The van der Waals surface area contributed by atoms with Crippen molar-refractivity contribution in [3.8, 4) is 5.06 Å². The van der Waals surface area contributed by atoms with E-state index >= 15 is 0 Å². The Morgan fingerprint density at radius 2 is 2.15 bits per heavy atom. The molecule has 0 unspecified atom stereocenters. The first-order chi connectivity index (χ1) is 6.22. The van der Waals surface area contributed by atoms with E-state index < -0.39 is 0 Å². The highest BCUT2D eigenvalue weighted by atomic mass is 32.2. The summed E-state index contributed by atoms with van der Waals surface area (Å²) in [5.41, 5.74) is 1.23. The van der Waals surface area contributed by atoms with Crippen LogP contribution in [0.25, 0.3) is 10.1 Å². The van der Waals surface area contributed by atoms with Crippen molar-refractivity contribution in [2.45, 2.75) is 11.8 Å². The van der Waals surface area contributed by atoms with Gasteiger partial charge < -0.3 is 5.11 Å². The second-order valence-corrected chi connectivity index (χ2v) is 4.79. The number of thiophene rings is 1. The van der Waals surface area contributed by atoms with Gasteiger partial charge in [-0.25, -0.2) is 0 Å². The van der Waals surface area contributed by atoms with Crippen molar-refractivity contribution in [1.29, 1.82) is 0 Å². The molecule has 0 amide bonds. The van der Waals surface area contributed by atoms with E-state index in [9.17, 15) is 5.11 Å². The Balaban J connectivity index is 2.83. The van der Waals surface area contributed by atoms with Crippen LogP contribution in [0.3, 0.4) is 0 Å². The molecule has 1 heterocycles. The molecule has 68 valence electrons. The molecule has 0 aliphatic heterocycles. The minimum atomic E-state index is 0.402. The Morgan fingerprint density at radius 3 is 2.85 bits per heavy atom. The number of hydrogen-bond acceptors (Lipinski definition) is 3. The first-order valence-electron chi connectivity index (χ1n) is 3.98. The summed E-state index contributed by atoms with van der Waals surface area (Å²) in [5, 5.41) is 11.0. The van der Waals surface area contributed by atoms with E-state index in [1.165, 1.54) is 31.9 Å². The maximum Gasteiger partial charge on any atom is 0.172 e. The predicted molar refractivity (Wildman–Crippen MR) is 60.0 cm³/mol. The third kappa shape index (κ3) is 1.42. The van der Waals surface area contributed by atoms with E-state index in [0.717, 1.165) is 0 Å². The molecule has 0 bridgehead atoms. The standard InChI is InChI=1S/C10H10OS2/c1-6-3-4-8(12-2)7-5-9(11)13-10(6)7/h3-5,11H,1-2H3. The van der Waals surface area contributed by atoms with Gasteiger partial charge in [0.15, 0.2) is 5.06 Å². The van der Waals surface area contributed by atoms with Crippen molar-refractivity contribution in [3.05, 3.63) is 23.8 Å². The van der Waals surface area contributed by atoms with Crippen molar-refractivity contribution in [1.82, 2.24) is 0 Å². The van der Waals surface area contributed by atoms with Crippen molar-refractivity contribution >= 4 is 33.2 Å². The fourth-order valence-corrected chi connectivity index (χ4v) is 2.94. The molecule has 1 aromatic carbocycles. The normalized spacial score (nSPS) is 10.9. The molecule has 1 N–H and O–H groups in total. The molecule has 0 atom stereocenters. The molecule has 2 rings (SSSR count). The summed E-state index contributed by atoms with van der Waals surface area (Å²) in [6.45, 7) is 2.07. The summed E-state index contributed by atoms with van der Waals surface area (Å²) < 4.78 is 1.20. The highest BCUT2D eigenvalue weighted by Gasteiger charge is 2.06. The SMILES string of the molecule is CSc1ccc(C)c2sc(O)cc12. The van der Waals surface area contributed by atoms with Gasteiger partial charge in [0.1, 0.15) is 0 Å². The van der Waals surface area contributed by atoms with Crippen molar-refractivity contribution < 1.29 is 5.11 Å². The average Bonchev–Trinajstić information content (AvgIpc) is 2.48. The molecule has 1 nitrogen and oxygen atoms in total. The lowest BCUT2D eigenvalue weighted by molar-refractivity contribution is 0.491. The van der Waals surface area contributed by atoms with Crippen LogP contribution in [0.1, 0.15) is 5.56 Å². The largest absolute Gasteiger partial charge is 0.499 e. The Hall–Kier alpha value is -0.670. The van der Waals surface area contributed by atoms with Crippen molar-refractivity contribution in [2.24, 2.45) is 0 Å². The quantitative estimate of drug-likeness (QED) is 0.725. The van der Waals surface area contributed by atoms with E-state index in [1.807, 2.05) is 6.07 Å². The van der Waals surface area contributed by atoms with E-state index in [-0.39, 0.29) is 0 Å². The highest BCUT2D eigenvalue weighted by Crippen LogP contribution is 2.37. The lowest BCUT2D eigenvalue weighted by Gasteiger charge is -2.00. The summed E-state index contributed by atoms with van der Waals surface area (Å²) >= 11 is 3.17. The lowest BCUT2D eigenvalue weighted by Crippen LogP contribution is -1.74. The molecule has 2 aromatic rings. The number of aromatic hydroxyl groups is 1. The van der Waals surface area contributed by atoms with E-state index in [0.29, 0.717) is 5.06 Å². The average molecular weight is 210 g/mol. The first kappa shape index (κ1) is 8.91. The molecular formula is C10H10OS2. The van der Waals surface area contributed by atoms with Gasteiger partial charge >= 0.3 is 0 Å². The van der Waals surface area contributed by atoms with Crippen LogP contribution in [-0.2, 0) is 0 Å². The van der Waals surface area contributed by atoms with Gasteiger partial charge in [-0.3, -0.25) is 0 Å². The van der Waals surface area contributed by atoms with Gasteiger partial charge in [-0.05, 0) is 24.8 Å². The zero-order valence-electron chi connectivity index (χ0n) is 7.50. The molecule has 0 saturated heterocycles. The summed E-state index contributed by atoms with van der Waals surface area (Å²) in [4.78, 5) is 1.23. The smallest absolute Gasteiger partial charge is 0.172 e. The van der Waals surface area contributed by atoms with Gasteiger partial charge in [-0.1, -0.05) is 17.4 Å². The van der Waals surface area contributed by atoms with E-state index in [1.54, 1.807) is 11.8 Å². The number of benzene rings is 1. The Bertz CT molecular complexity index is 445. The number of fused-ring (bicyclic) bond motifs is 1. The van der Waals surface area contributed by atoms with E-state index in [2.05, 4.69) is 25.3 Å². The van der Waals surface area contributed by atoms with Crippen LogP contribution in [0.4, 0.5) is 0 Å². The molecule has 0 aliphatic rings. The molecular weight excluding hydrogens is 200 g/mol. The number of aryl methyl sites for hydroxylation is 1. The third-order valence-electron chi connectivity index (χ3n) is 2.05. The second kappa shape index (κ2) is 3.24. The topological polar surface area (TPSA) is 20.2 Å². The van der Waals surface area contributed by atoms with Gasteiger partial charge in [0, 0.05) is 21.0 Å². The summed E-state index contributed by atoms with van der Waals surface area (Å²) in [6.07, 6.45) is 2.05. The van der Waals surface area contributed by atoms with Crippen LogP contribution in [0.15, 0.2) is 23.1 Å². The molecule has 0 saturated carbocycles. The highest BCUT2D eigenvalue weighted by molar-refractivity contribution is 7.98. The predicted octanol–water partition coefficient (Wildman–Crippen LogP) is 3.64. The fraction of sp³-hybridized carbons (Fsp3) is 0.200. The molecule has 0 fully saturated rings. The molecule has 0 radical (unpaired) electrons.